The first-order chi connectivity index (χ1) is 9.11. The van der Waals surface area contributed by atoms with Crippen molar-refractivity contribution in [3.8, 4) is 5.75 Å². The summed E-state index contributed by atoms with van der Waals surface area (Å²) in [7, 11) is 1.89. The lowest BCUT2D eigenvalue weighted by molar-refractivity contribution is 0.297. The van der Waals surface area contributed by atoms with Crippen LogP contribution in [0, 0.1) is 13.8 Å². The van der Waals surface area contributed by atoms with Crippen LogP contribution in [-0.4, -0.2) is 7.05 Å². The van der Waals surface area contributed by atoms with E-state index < -0.39 is 0 Å². The van der Waals surface area contributed by atoms with Gasteiger partial charge in [0.2, 0.25) is 0 Å². The third kappa shape index (κ3) is 3.31. The van der Waals surface area contributed by atoms with Gasteiger partial charge < -0.3 is 14.5 Å². The summed E-state index contributed by atoms with van der Waals surface area (Å²) in [4.78, 5) is 0. The van der Waals surface area contributed by atoms with Gasteiger partial charge in [0.05, 0.1) is 12.8 Å². The average Bonchev–Trinajstić information content (AvgIpc) is 2.76. The fraction of sp³-hybridized carbons (Fsp3) is 0.333. The van der Waals surface area contributed by atoms with Gasteiger partial charge in [0.25, 0.3) is 0 Å². The van der Waals surface area contributed by atoms with Crippen LogP contribution in [-0.2, 0) is 13.2 Å². The first-order valence-corrected chi connectivity index (χ1v) is 6.59. The fourth-order valence-corrected chi connectivity index (χ4v) is 2.41. The van der Waals surface area contributed by atoms with Crippen LogP contribution in [0.15, 0.2) is 28.9 Å². The second kappa shape index (κ2) is 6.13. The molecule has 19 heavy (non-hydrogen) atoms. The Morgan fingerprint density at radius 3 is 2.58 bits per heavy atom. The second-order valence-corrected chi connectivity index (χ2v) is 4.99. The lowest BCUT2D eigenvalue weighted by atomic mass is 10.1. The van der Waals surface area contributed by atoms with E-state index in [9.17, 15) is 0 Å². The van der Waals surface area contributed by atoms with E-state index in [-0.39, 0.29) is 0 Å². The molecule has 0 fully saturated rings. The van der Waals surface area contributed by atoms with Crippen LogP contribution < -0.4 is 10.1 Å². The zero-order valence-corrected chi connectivity index (χ0v) is 12.2. The van der Waals surface area contributed by atoms with Gasteiger partial charge in [-0.2, -0.15) is 0 Å². The van der Waals surface area contributed by atoms with Gasteiger partial charge >= 0.3 is 0 Å². The molecule has 3 nitrogen and oxygen atoms in total. The minimum absolute atomic E-state index is 0.497. The Labute approximate surface area is 118 Å². The summed E-state index contributed by atoms with van der Waals surface area (Å²) >= 11 is 6.01. The molecule has 0 saturated carbocycles. The lowest BCUT2D eigenvalue weighted by Crippen LogP contribution is -2.07. The van der Waals surface area contributed by atoms with Crippen molar-refractivity contribution in [3.63, 3.8) is 0 Å². The van der Waals surface area contributed by atoms with Crippen LogP contribution in [0.4, 0.5) is 0 Å². The Bertz CT molecular complexity index is 540. The van der Waals surface area contributed by atoms with E-state index in [2.05, 4.69) is 5.32 Å². The van der Waals surface area contributed by atoms with E-state index in [1.807, 2.05) is 39.1 Å². The SMILES string of the molecule is CNCc1occc1COc1c(C)cc(Cl)cc1C. The van der Waals surface area contributed by atoms with Gasteiger partial charge in [-0.25, -0.2) is 0 Å². The average molecular weight is 280 g/mol. The van der Waals surface area contributed by atoms with Crippen molar-refractivity contribution in [3.05, 3.63) is 51.9 Å². The van der Waals surface area contributed by atoms with Gasteiger partial charge in [0.1, 0.15) is 18.1 Å². The van der Waals surface area contributed by atoms with Crippen molar-refractivity contribution in [2.75, 3.05) is 7.05 Å². The Morgan fingerprint density at radius 2 is 1.95 bits per heavy atom. The molecule has 0 amide bonds. The summed E-state index contributed by atoms with van der Waals surface area (Å²) in [5, 5.41) is 3.81. The monoisotopic (exact) mass is 279 g/mol. The quantitative estimate of drug-likeness (QED) is 0.903. The van der Waals surface area contributed by atoms with Gasteiger partial charge in [-0.15, -0.1) is 0 Å². The number of hydrogen-bond donors (Lipinski definition) is 1. The van der Waals surface area contributed by atoms with E-state index in [4.69, 9.17) is 20.8 Å². The normalized spacial score (nSPS) is 10.7. The van der Waals surface area contributed by atoms with Crippen LogP contribution in [0.3, 0.4) is 0 Å². The van der Waals surface area contributed by atoms with Crippen molar-refractivity contribution in [2.24, 2.45) is 0 Å². The van der Waals surface area contributed by atoms with E-state index in [1.165, 1.54) is 0 Å². The van der Waals surface area contributed by atoms with Crippen LogP contribution in [0.1, 0.15) is 22.5 Å². The Balaban J connectivity index is 2.12. The largest absolute Gasteiger partial charge is 0.488 e. The van der Waals surface area contributed by atoms with Crippen LogP contribution in [0.5, 0.6) is 5.75 Å². The minimum Gasteiger partial charge on any atom is -0.488 e. The van der Waals surface area contributed by atoms with Crippen molar-refractivity contribution >= 4 is 11.6 Å². The Hall–Kier alpha value is -1.45. The lowest BCUT2D eigenvalue weighted by Gasteiger charge is -2.12. The molecule has 1 N–H and O–H groups in total. The molecule has 0 aliphatic rings. The Morgan fingerprint density at radius 1 is 1.26 bits per heavy atom. The summed E-state index contributed by atoms with van der Waals surface area (Å²) in [6, 6.07) is 5.76. The molecule has 0 unspecified atom stereocenters. The highest BCUT2D eigenvalue weighted by Gasteiger charge is 2.09. The summed E-state index contributed by atoms with van der Waals surface area (Å²) in [5.41, 5.74) is 3.15. The molecule has 102 valence electrons. The number of halogens is 1. The van der Waals surface area contributed by atoms with E-state index in [0.29, 0.717) is 13.2 Å². The number of ether oxygens (including phenoxy) is 1. The van der Waals surface area contributed by atoms with Crippen molar-refractivity contribution in [2.45, 2.75) is 27.0 Å². The van der Waals surface area contributed by atoms with Crippen molar-refractivity contribution in [1.82, 2.24) is 5.32 Å². The second-order valence-electron chi connectivity index (χ2n) is 4.56. The van der Waals surface area contributed by atoms with E-state index in [0.717, 1.165) is 33.2 Å². The molecule has 4 heteroatoms. The topological polar surface area (TPSA) is 34.4 Å². The number of aryl methyl sites for hydroxylation is 2. The first-order valence-electron chi connectivity index (χ1n) is 6.21. The fourth-order valence-electron chi connectivity index (χ4n) is 2.09. The summed E-state index contributed by atoms with van der Waals surface area (Å²) in [6.45, 7) is 5.19. The number of furan rings is 1. The van der Waals surface area contributed by atoms with Gasteiger partial charge in [0.15, 0.2) is 0 Å². The van der Waals surface area contributed by atoms with E-state index in [1.54, 1.807) is 6.26 Å². The molecule has 0 spiro atoms. The van der Waals surface area contributed by atoms with E-state index >= 15 is 0 Å². The molecule has 1 aromatic carbocycles. The maximum absolute atomic E-state index is 6.01. The third-order valence-corrected chi connectivity index (χ3v) is 3.19. The molecule has 1 aromatic heterocycles. The molecule has 2 aromatic rings. The van der Waals surface area contributed by atoms with Crippen LogP contribution in [0.2, 0.25) is 5.02 Å². The van der Waals surface area contributed by atoms with Crippen LogP contribution >= 0.6 is 11.6 Å². The standard InChI is InChI=1S/C15H18ClNO2/c1-10-6-13(16)7-11(2)15(10)19-9-12-4-5-18-14(12)8-17-3/h4-7,17H,8-9H2,1-3H3. The molecule has 0 atom stereocenters. The predicted molar refractivity (Wildman–Crippen MR) is 76.7 cm³/mol. The number of nitrogens with one attached hydrogen (secondary N) is 1. The van der Waals surface area contributed by atoms with Crippen LogP contribution in [0.25, 0.3) is 0 Å². The molecule has 0 radical (unpaired) electrons. The summed E-state index contributed by atoms with van der Waals surface area (Å²) in [5.74, 6) is 1.80. The third-order valence-electron chi connectivity index (χ3n) is 2.97. The molecule has 0 bridgehead atoms. The van der Waals surface area contributed by atoms with Crippen molar-refractivity contribution in [1.29, 1.82) is 0 Å². The number of benzene rings is 1. The molecule has 0 aliphatic carbocycles. The number of rotatable bonds is 5. The smallest absolute Gasteiger partial charge is 0.125 e. The van der Waals surface area contributed by atoms with Gasteiger partial charge in [-0.1, -0.05) is 11.6 Å². The highest BCUT2D eigenvalue weighted by atomic mass is 35.5. The first kappa shape index (κ1) is 14.0. The molecule has 2 rings (SSSR count). The highest BCUT2D eigenvalue weighted by Crippen LogP contribution is 2.28. The highest BCUT2D eigenvalue weighted by molar-refractivity contribution is 6.30. The molecular weight excluding hydrogens is 262 g/mol. The predicted octanol–water partition coefficient (Wildman–Crippen LogP) is 3.85. The van der Waals surface area contributed by atoms with Gasteiger partial charge in [-0.05, 0) is 50.2 Å². The summed E-state index contributed by atoms with van der Waals surface area (Å²) < 4.78 is 11.3. The molecular formula is C15H18ClNO2. The molecule has 0 saturated heterocycles. The maximum Gasteiger partial charge on any atom is 0.125 e. The number of hydrogen-bond acceptors (Lipinski definition) is 3. The summed E-state index contributed by atoms with van der Waals surface area (Å²) in [6.07, 6.45) is 1.69. The maximum atomic E-state index is 6.01. The minimum atomic E-state index is 0.497. The van der Waals surface area contributed by atoms with Crippen molar-refractivity contribution < 1.29 is 9.15 Å². The zero-order valence-electron chi connectivity index (χ0n) is 11.4. The molecule has 1 heterocycles. The Kier molecular flexibility index (Phi) is 4.51. The molecule has 0 aliphatic heterocycles. The zero-order chi connectivity index (χ0) is 13.8. The van der Waals surface area contributed by atoms with Gasteiger partial charge in [-0.3, -0.25) is 0 Å². The van der Waals surface area contributed by atoms with Gasteiger partial charge in [0, 0.05) is 10.6 Å².